The Balaban J connectivity index is 1.96. The molecule has 2 rings (SSSR count). The lowest BCUT2D eigenvalue weighted by atomic mass is 9.75. The highest BCUT2D eigenvalue weighted by Crippen LogP contribution is 2.37. The summed E-state index contributed by atoms with van der Waals surface area (Å²) >= 11 is 0. The Morgan fingerprint density at radius 2 is 2.00 bits per heavy atom. The smallest absolute Gasteiger partial charge is 0.306 e. The highest BCUT2D eigenvalue weighted by molar-refractivity contribution is 5.88. The van der Waals surface area contributed by atoms with Gasteiger partial charge in [-0.2, -0.15) is 0 Å². The zero-order valence-corrected chi connectivity index (χ0v) is 19.3. The van der Waals surface area contributed by atoms with Crippen molar-refractivity contribution in [1.29, 1.82) is 0 Å². The number of ether oxygens (including phenoxy) is 1. The molecule has 0 spiro atoms. The molecule has 2 saturated carbocycles. The van der Waals surface area contributed by atoms with E-state index >= 15 is 0 Å². The van der Waals surface area contributed by atoms with E-state index in [1.165, 1.54) is 0 Å². The molecule has 0 aromatic rings. The SMILES string of the molecule is CCCCC[C@H](O)C=C[C@H]1C(O)CC(=O)C1CC(=O)O[C@@H]1C[C@H](C)CCC1C(C)C. The maximum absolute atomic E-state index is 12.7. The second kappa shape index (κ2) is 12.0. The number of ketones is 1. The van der Waals surface area contributed by atoms with Gasteiger partial charge in [0.15, 0.2) is 0 Å². The Kier molecular flexibility index (Phi) is 10.0. The number of rotatable bonds is 10. The molecule has 0 aromatic carbocycles. The number of unbranched alkanes of at least 4 members (excludes halogenated alkanes) is 2. The topological polar surface area (TPSA) is 83.8 Å². The summed E-state index contributed by atoms with van der Waals surface area (Å²) in [6.07, 6.45) is 8.91. The normalized spacial score (nSPS) is 33.4. The summed E-state index contributed by atoms with van der Waals surface area (Å²) in [7, 11) is 0. The number of hydrogen-bond donors (Lipinski definition) is 2. The minimum absolute atomic E-state index is 0.00647. The molecule has 0 bridgehead atoms. The van der Waals surface area contributed by atoms with Crippen LogP contribution in [0.5, 0.6) is 0 Å². The molecule has 7 atom stereocenters. The van der Waals surface area contributed by atoms with Gasteiger partial charge in [0.2, 0.25) is 0 Å². The van der Waals surface area contributed by atoms with Gasteiger partial charge in [0.1, 0.15) is 11.9 Å². The van der Waals surface area contributed by atoms with Crippen LogP contribution in [0.2, 0.25) is 0 Å². The lowest BCUT2D eigenvalue weighted by Gasteiger charge is -2.36. The molecule has 0 aromatic heterocycles. The molecule has 5 nitrogen and oxygen atoms in total. The van der Waals surface area contributed by atoms with E-state index in [2.05, 4.69) is 27.7 Å². The summed E-state index contributed by atoms with van der Waals surface area (Å²) < 4.78 is 5.87. The maximum Gasteiger partial charge on any atom is 0.306 e. The molecule has 0 radical (unpaired) electrons. The predicted octanol–water partition coefficient (Wildman–Crippen LogP) is 4.44. The van der Waals surface area contributed by atoms with E-state index in [4.69, 9.17) is 4.74 Å². The first-order chi connectivity index (χ1) is 14.2. The van der Waals surface area contributed by atoms with Crippen LogP contribution in [0.25, 0.3) is 0 Å². The third kappa shape index (κ3) is 7.19. The van der Waals surface area contributed by atoms with Crippen LogP contribution in [-0.4, -0.2) is 40.3 Å². The Bertz CT molecular complexity index is 584. The van der Waals surface area contributed by atoms with Gasteiger partial charge in [-0.3, -0.25) is 9.59 Å². The van der Waals surface area contributed by atoms with Crippen LogP contribution in [0, 0.1) is 29.6 Å². The molecule has 0 aliphatic heterocycles. The average Bonchev–Trinajstić information content (AvgIpc) is 2.92. The van der Waals surface area contributed by atoms with Gasteiger partial charge in [0.25, 0.3) is 0 Å². The van der Waals surface area contributed by atoms with Gasteiger partial charge in [-0.05, 0) is 37.0 Å². The van der Waals surface area contributed by atoms with Gasteiger partial charge in [0, 0.05) is 18.3 Å². The lowest BCUT2D eigenvalue weighted by molar-refractivity contribution is -0.158. The van der Waals surface area contributed by atoms with Crippen molar-refractivity contribution in [3.63, 3.8) is 0 Å². The highest BCUT2D eigenvalue weighted by Gasteiger charge is 2.42. The number of hydrogen-bond acceptors (Lipinski definition) is 5. The molecule has 172 valence electrons. The van der Waals surface area contributed by atoms with E-state index in [1.807, 2.05) is 0 Å². The van der Waals surface area contributed by atoms with E-state index in [-0.39, 0.29) is 30.7 Å². The Labute approximate surface area is 182 Å². The van der Waals surface area contributed by atoms with Gasteiger partial charge >= 0.3 is 5.97 Å². The zero-order valence-electron chi connectivity index (χ0n) is 19.3. The summed E-state index contributed by atoms with van der Waals surface area (Å²) in [5, 5.41) is 20.5. The molecule has 0 amide bonds. The van der Waals surface area contributed by atoms with E-state index < -0.39 is 24.0 Å². The van der Waals surface area contributed by atoms with Crippen molar-refractivity contribution in [1.82, 2.24) is 0 Å². The fourth-order valence-corrected chi connectivity index (χ4v) is 5.09. The molecule has 30 heavy (non-hydrogen) atoms. The fourth-order valence-electron chi connectivity index (χ4n) is 5.09. The van der Waals surface area contributed by atoms with Crippen LogP contribution in [0.3, 0.4) is 0 Å². The van der Waals surface area contributed by atoms with E-state index in [0.717, 1.165) is 38.5 Å². The minimum atomic E-state index is -0.799. The lowest BCUT2D eigenvalue weighted by Crippen LogP contribution is -2.36. The van der Waals surface area contributed by atoms with Gasteiger partial charge in [-0.25, -0.2) is 0 Å². The molecule has 5 heteroatoms. The number of aliphatic hydroxyl groups excluding tert-OH is 2. The first kappa shape index (κ1) is 25.1. The van der Waals surface area contributed by atoms with E-state index in [9.17, 15) is 19.8 Å². The summed E-state index contributed by atoms with van der Waals surface area (Å²) in [5.41, 5.74) is 0. The summed E-state index contributed by atoms with van der Waals surface area (Å²) in [4.78, 5) is 25.2. The molecule has 2 fully saturated rings. The highest BCUT2D eigenvalue weighted by atomic mass is 16.5. The third-order valence-electron chi connectivity index (χ3n) is 7.02. The molecular weight excluding hydrogens is 380 g/mol. The van der Waals surface area contributed by atoms with Gasteiger partial charge in [-0.1, -0.05) is 65.5 Å². The Morgan fingerprint density at radius 3 is 2.67 bits per heavy atom. The van der Waals surface area contributed by atoms with Crippen LogP contribution in [0.15, 0.2) is 12.2 Å². The van der Waals surface area contributed by atoms with Crippen molar-refractivity contribution in [2.75, 3.05) is 0 Å². The molecule has 0 heterocycles. The van der Waals surface area contributed by atoms with Crippen molar-refractivity contribution in [2.45, 2.75) is 104 Å². The first-order valence-corrected chi connectivity index (χ1v) is 12.0. The molecule has 2 aliphatic carbocycles. The van der Waals surface area contributed by atoms with Crippen molar-refractivity contribution in [3.8, 4) is 0 Å². The molecule has 2 N–H and O–H groups in total. The van der Waals surface area contributed by atoms with Gasteiger partial charge in [0.05, 0.1) is 18.6 Å². The number of Topliss-reactive ketones (excluding diaryl/α,β-unsaturated/α-hetero) is 1. The molecule has 2 aliphatic rings. The predicted molar refractivity (Wildman–Crippen MR) is 118 cm³/mol. The zero-order chi connectivity index (χ0) is 22.3. The van der Waals surface area contributed by atoms with Gasteiger partial charge in [-0.15, -0.1) is 0 Å². The second-order valence-corrected chi connectivity index (χ2v) is 9.93. The molecule has 3 unspecified atom stereocenters. The number of esters is 1. The van der Waals surface area contributed by atoms with E-state index in [0.29, 0.717) is 24.2 Å². The van der Waals surface area contributed by atoms with E-state index in [1.54, 1.807) is 12.2 Å². The van der Waals surface area contributed by atoms with Crippen LogP contribution < -0.4 is 0 Å². The van der Waals surface area contributed by atoms with Crippen LogP contribution >= 0.6 is 0 Å². The third-order valence-corrected chi connectivity index (χ3v) is 7.02. The maximum atomic E-state index is 12.7. The first-order valence-electron chi connectivity index (χ1n) is 12.0. The monoisotopic (exact) mass is 422 g/mol. The summed E-state index contributed by atoms with van der Waals surface area (Å²) in [6.45, 7) is 8.65. The summed E-state index contributed by atoms with van der Waals surface area (Å²) in [5.74, 6) is -0.0695. The minimum Gasteiger partial charge on any atom is -0.462 e. The largest absolute Gasteiger partial charge is 0.462 e. The summed E-state index contributed by atoms with van der Waals surface area (Å²) in [6, 6.07) is 0. The van der Waals surface area contributed by atoms with Crippen LogP contribution in [-0.2, 0) is 14.3 Å². The quantitative estimate of drug-likeness (QED) is 0.309. The van der Waals surface area contributed by atoms with Crippen molar-refractivity contribution in [2.24, 2.45) is 29.6 Å². The van der Waals surface area contributed by atoms with Crippen molar-refractivity contribution >= 4 is 11.8 Å². The Hall–Kier alpha value is -1.20. The fraction of sp³-hybridized carbons (Fsp3) is 0.840. The number of carbonyl (C=O) groups excluding carboxylic acids is 2. The van der Waals surface area contributed by atoms with Gasteiger partial charge < -0.3 is 14.9 Å². The average molecular weight is 423 g/mol. The molecular formula is C25H42O5. The van der Waals surface area contributed by atoms with Crippen LogP contribution in [0.1, 0.15) is 85.5 Å². The second-order valence-electron chi connectivity index (χ2n) is 9.93. The van der Waals surface area contributed by atoms with Crippen molar-refractivity contribution in [3.05, 3.63) is 12.2 Å². The van der Waals surface area contributed by atoms with Crippen LogP contribution in [0.4, 0.5) is 0 Å². The standard InChI is InChI=1S/C25H42O5/c1-5-6-7-8-18(26)10-12-20-21(23(28)15-22(20)27)14-25(29)30-24-13-17(4)9-11-19(24)16(2)3/h10,12,16-22,24,26-27H,5-9,11,13-15H2,1-4H3/t17-,18+,19?,20-,21?,22?,24-/m1/s1. The number of carbonyl (C=O) groups is 2. The van der Waals surface area contributed by atoms with Crippen molar-refractivity contribution < 1.29 is 24.5 Å². The Morgan fingerprint density at radius 1 is 1.27 bits per heavy atom. The number of aliphatic hydroxyl groups is 2. The molecule has 0 saturated heterocycles.